The molecule has 0 radical (unpaired) electrons. The van der Waals surface area contributed by atoms with E-state index in [1.807, 2.05) is 37.3 Å². The van der Waals surface area contributed by atoms with Crippen molar-refractivity contribution in [3.05, 3.63) is 41.3 Å². The summed E-state index contributed by atoms with van der Waals surface area (Å²) < 4.78 is 6.42. The lowest BCUT2D eigenvalue weighted by Gasteiger charge is -2.03. The van der Waals surface area contributed by atoms with Crippen LogP contribution >= 0.6 is 22.7 Å². The molecular formula is C17H18N2O2S2. The number of nitrogens with zero attached hydrogens (tertiary/aromatic N) is 1. The number of amides is 1. The number of nitrogens with one attached hydrogen (secondary N) is 1. The molecule has 0 unspecified atom stereocenters. The van der Waals surface area contributed by atoms with Gasteiger partial charge < -0.3 is 10.1 Å². The lowest BCUT2D eigenvalue weighted by Crippen LogP contribution is -2.24. The molecule has 0 saturated carbocycles. The van der Waals surface area contributed by atoms with Gasteiger partial charge in [0.1, 0.15) is 5.01 Å². The molecule has 23 heavy (non-hydrogen) atoms. The van der Waals surface area contributed by atoms with Gasteiger partial charge in [-0.1, -0.05) is 12.1 Å². The third kappa shape index (κ3) is 3.96. The number of fused-ring (bicyclic) bond motifs is 1. The standard InChI is InChI=1S/C17H18N2O2S2/c1-2-21-11-5-10-18-16(20)14-8-9-15(22-14)17-19-12-6-3-4-7-13(12)23-17/h3-4,6-9H,2,5,10-11H2,1H3,(H,18,20). The molecule has 0 aliphatic heterocycles. The molecule has 0 spiro atoms. The number of aromatic nitrogens is 1. The Morgan fingerprint density at radius 2 is 2.09 bits per heavy atom. The normalized spacial score (nSPS) is 11.0. The van der Waals surface area contributed by atoms with Crippen LogP contribution in [0.2, 0.25) is 0 Å². The molecule has 120 valence electrons. The van der Waals surface area contributed by atoms with Crippen LogP contribution in [0, 0.1) is 0 Å². The van der Waals surface area contributed by atoms with Crippen LogP contribution in [0.25, 0.3) is 20.1 Å². The summed E-state index contributed by atoms with van der Waals surface area (Å²) in [7, 11) is 0. The minimum Gasteiger partial charge on any atom is -0.382 e. The third-order valence-electron chi connectivity index (χ3n) is 3.29. The Labute approximate surface area is 143 Å². The zero-order valence-corrected chi connectivity index (χ0v) is 14.5. The van der Waals surface area contributed by atoms with E-state index >= 15 is 0 Å². The zero-order valence-electron chi connectivity index (χ0n) is 12.9. The van der Waals surface area contributed by atoms with Crippen molar-refractivity contribution < 1.29 is 9.53 Å². The molecular weight excluding hydrogens is 328 g/mol. The maximum absolute atomic E-state index is 12.1. The van der Waals surface area contributed by atoms with Crippen LogP contribution in [-0.4, -0.2) is 30.6 Å². The number of hydrogen-bond donors (Lipinski definition) is 1. The first kappa shape index (κ1) is 16.1. The highest BCUT2D eigenvalue weighted by Crippen LogP contribution is 2.34. The van der Waals surface area contributed by atoms with E-state index < -0.39 is 0 Å². The molecule has 1 N–H and O–H groups in total. The molecule has 0 saturated heterocycles. The van der Waals surface area contributed by atoms with Gasteiger partial charge >= 0.3 is 0 Å². The van der Waals surface area contributed by atoms with Crippen LogP contribution in [0.15, 0.2) is 36.4 Å². The predicted octanol–water partition coefficient (Wildman–Crippen LogP) is 4.18. The van der Waals surface area contributed by atoms with E-state index in [4.69, 9.17) is 4.74 Å². The summed E-state index contributed by atoms with van der Waals surface area (Å²) in [5, 5.41) is 3.89. The number of rotatable bonds is 7. The molecule has 2 aromatic heterocycles. The van der Waals surface area contributed by atoms with Gasteiger partial charge in [-0.2, -0.15) is 0 Å². The Morgan fingerprint density at radius 3 is 2.91 bits per heavy atom. The van der Waals surface area contributed by atoms with Gasteiger partial charge in [-0.15, -0.1) is 22.7 Å². The summed E-state index contributed by atoms with van der Waals surface area (Å²) in [5.41, 5.74) is 1.00. The van der Waals surface area contributed by atoms with Gasteiger partial charge in [0.05, 0.1) is 20.0 Å². The van der Waals surface area contributed by atoms with Crippen molar-refractivity contribution in [2.75, 3.05) is 19.8 Å². The fraction of sp³-hybridized carbons (Fsp3) is 0.294. The molecule has 0 bridgehead atoms. The minimum atomic E-state index is -0.0288. The van der Waals surface area contributed by atoms with Crippen molar-refractivity contribution in [3.8, 4) is 9.88 Å². The van der Waals surface area contributed by atoms with Gasteiger partial charge in [-0.3, -0.25) is 4.79 Å². The summed E-state index contributed by atoms with van der Waals surface area (Å²) >= 11 is 3.14. The quantitative estimate of drug-likeness (QED) is 0.653. The number of carbonyl (C=O) groups is 1. The molecule has 6 heteroatoms. The van der Waals surface area contributed by atoms with Crippen LogP contribution < -0.4 is 5.32 Å². The number of thiazole rings is 1. The van der Waals surface area contributed by atoms with Crippen LogP contribution in [0.4, 0.5) is 0 Å². The van der Waals surface area contributed by atoms with Crippen molar-refractivity contribution in [2.45, 2.75) is 13.3 Å². The molecule has 1 aromatic carbocycles. The Bertz CT molecular complexity index is 762. The van der Waals surface area contributed by atoms with Crippen molar-refractivity contribution >= 4 is 38.8 Å². The number of thiophene rings is 1. The molecule has 2 heterocycles. The second-order valence-electron chi connectivity index (χ2n) is 4.96. The molecule has 0 aliphatic carbocycles. The summed E-state index contributed by atoms with van der Waals surface area (Å²) in [5.74, 6) is -0.0288. The van der Waals surface area contributed by atoms with E-state index in [0.717, 1.165) is 31.4 Å². The first-order chi connectivity index (χ1) is 11.3. The highest BCUT2D eigenvalue weighted by atomic mass is 32.1. The Hall–Kier alpha value is -1.76. The largest absolute Gasteiger partial charge is 0.382 e. The van der Waals surface area contributed by atoms with Crippen LogP contribution in [-0.2, 0) is 4.74 Å². The Balaban J connectivity index is 1.64. The van der Waals surface area contributed by atoms with Gasteiger partial charge in [0.2, 0.25) is 0 Å². The summed E-state index contributed by atoms with van der Waals surface area (Å²) in [4.78, 5) is 18.5. The molecule has 4 nitrogen and oxygen atoms in total. The summed E-state index contributed by atoms with van der Waals surface area (Å²) in [6.45, 7) is 3.99. The molecule has 0 atom stereocenters. The number of ether oxygens (including phenoxy) is 1. The molecule has 3 rings (SSSR count). The highest BCUT2D eigenvalue weighted by Gasteiger charge is 2.12. The van der Waals surface area contributed by atoms with Gasteiger partial charge in [-0.25, -0.2) is 4.98 Å². The van der Waals surface area contributed by atoms with Crippen molar-refractivity contribution in [1.82, 2.24) is 10.3 Å². The minimum absolute atomic E-state index is 0.0288. The lowest BCUT2D eigenvalue weighted by atomic mass is 10.3. The first-order valence-electron chi connectivity index (χ1n) is 7.59. The third-order valence-corrected chi connectivity index (χ3v) is 5.58. The second-order valence-corrected chi connectivity index (χ2v) is 7.07. The maximum atomic E-state index is 12.1. The van der Waals surface area contributed by atoms with Gasteiger partial charge in [0.25, 0.3) is 5.91 Å². The van der Waals surface area contributed by atoms with E-state index in [9.17, 15) is 4.79 Å². The number of para-hydroxylation sites is 1. The smallest absolute Gasteiger partial charge is 0.261 e. The molecule has 0 aliphatic rings. The molecule has 1 amide bonds. The SMILES string of the molecule is CCOCCCNC(=O)c1ccc(-c2nc3ccccc3s2)s1. The monoisotopic (exact) mass is 346 g/mol. The van der Waals surface area contributed by atoms with E-state index in [0.29, 0.717) is 19.8 Å². The van der Waals surface area contributed by atoms with Crippen LogP contribution in [0.1, 0.15) is 23.0 Å². The van der Waals surface area contributed by atoms with Crippen LogP contribution in [0.3, 0.4) is 0 Å². The average molecular weight is 346 g/mol. The Kier molecular flexibility index (Phi) is 5.38. The lowest BCUT2D eigenvalue weighted by molar-refractivity contribution is 0.0948. The highest BCUT2D eigenvalue weighted by molar-refractivity contribution is 7.26. The van der Waals surface area contributed by atoms with Crippen molar-refractivity contribution in [2.24, 2.45) is 0 Å². The first-order valence-corrected chi connectivity index (χ1v) is 9.23. The van der Waals surface area contributed by atoms with E-state index in [1.54, 1.807) is 11.3 Å². The van der Waals surface area contributed by atoms with Gasteiger partial charge in [-0.05, 0) is 37.6 Å². The second kappa shape index (κ2) is 7.68. The van der Waals surface area contributed by atoms with E-state index in [2.05, 4.69) is 16.4 Å². The van der Waals surface area contributed by atoms with Gasteiger partial charge in [0.15, 0.2) is 0 Å². The van der Waals surface area contributed by atoms with Crippen molar-refractivity contribution in [1.29, 1.82) is 0 Å². The van der Waals surface area contributed by atoms with E-state index in [1.165, 1.54) is 11.3 Å². The zero-order chi connectivity index (χ0) is 16.1. The summed E-state index contributed by atoms with van der Waals surface area (Å²) in [6, 6.07) is 11.9. The summed E-state index contributed by atoms with van der Waals surface area (Å²) in [6.07, 6.45) is 0.829. The fourth-order valence-electron chi connectivity index (χ4n) is 2.16. The predicted molar refractivity (Wildman–Crippen MR) is 96.4 cm³/mol. The average Bonchev–Trinajstić information content (AvgIpc) is 3.21. The number of hydrogen-bond acceptors (Lipinski definition) is 5. The van der Waals surface area contributed by atoms with Gasteiger partial charge in [0, 0.05) is 19.8 Å². The van der Waals surface area contributed by atoms with E-state index in [-0.39, 0.29) is 5.91 Å². The van der Waals surface area contributed by atoms with Crippen molar-refractivity contribution in [3.63, 3.8) is 0 Å². The fourth-order valence-corrected chi connectivity index (χ4v) is 4.10. The molecule has 3 aromatic rings. The maximum Gasteiger partial charge on any atom is 0.261 e. The number of carbonyl (C=O) groups excluding carboxylic acids is 1. The molecule has 0 fully saturated rings. The number of benzene rings is 1. The topological polar surface area (TPSA) is 51.2 Å². The Morgan fingerprint density at radius 1 is 1.22 bits per heavy atom. The van der Waals surface area contributed by atoms with Crippen LogP contribution in [0.5, 0.6) is 0 Å².